The summed E-state index contributed by atoms with van der Waals surface area (Å²) in [6, 6.07) is 3.63. The predicted octanol–water partition coefficient (Wildman–Crippen LogP) is 1.85. The molecule has 0 spiro atoms. The van der Waals surface area contributed by atoms with Gasteiger partial charge in [0.2, 0.25) is 0 Å². The number of pyridine rings is 1. The molecule has 0 amide bonds. The lowest BCUT2D eigenvalue weighted by atomic mass is 10.2. The third kappa shape index (κ3) is 2.07. The van der Waals surface area contributed by atoms with Gasteiger partial charge in [0.05, 0.1) is 16.9 Å². The molecule has 20 heavy (non-hydrogen) atoms. The summed E-state index contributed by atoms with van der Waals surface area (Å²) in [7, 11) is 0. The lowest BCUT2D eigenvalue weighted by Crippen LogP contribution is -1.97. The number of aldehydes is 1. The molecule has 0 atom stereocenters. The molecule has 0 aliphatic carbocycles. The highest BCUT2D eigenvalue weighted by Crippen LogP contribution is 2.22. The second-order valence-corrected chi connectivity index (χ2v) is 4.19. The van der Waals surface area contributed by atoms with Crippen molar-refractivity contribution in [3.63, 3.8) is 0 Å². The standard InChI is InChI=1S/C14H11N5O/c1-10-13(17-7-6-16-10)14-11(9-20)8-19(18-14)12-2-4-15-5-3-12/h2-9H,1H3. The van der Waals surface area contributed by atoms with Crippen LogP contribution in [0.25, 0.3) is 17.1 Å². The third-order valence-electron chi connectivity index (χ3n) is 2.90. The van der Waals surface area contributed by atoms with Crippen molar-refractivity contribution in [1.82, 2.24) is 24.7 Å². The summed E-state index contributed by atoms with van der Waals surface area (Å²) >= 11 is 0. The molecule has 3 heterocycles. The van der Waals surface area contributed by atoms with Crippen LogP contribution in [0, 0.1) is 6.92 Å². The van der Waals surface area contributed by atoms with Crippen molar-refractivity contribution in [1.29, 1.82) is 0 Å². The SMILES string of the molecule is Cc1nccnc1-c1nn(-c2ccncc2)cc1C=O. The van der Waals surface area contributed by atoms with Crippen LogP contribution in [0.3, 0.4) is 0 Å². The van der Waals surface area contributed by atoms with Crippen molar-refractivity contribution in [2.75, 3.05) is 0 Å². The van der Waals surface area contributed by atoms with Crippen molar-refractivity contribution in [3.8, 4) is 17.1 Å². The van der Waals surface area contributed by atoms with E-state index in [4.69, 9.17) is 0 Å². The van der Waals surface area contributed by atoms with Gasteiger partial charge in [-0.25, -0.2) is 4.68 Å². The number of hydrogen-bond donors (Lipinski definition) is 0. The number of carbonyl (C=O) groups is 1. The van der Waals surface area contributed by atoms with Crippen LogP contribution in [0.1, 0.15) is 16.1 Å². The highest BCUT2D eigenvalue weighted by Gasteiger charge is 2.15. The van der Waals surface area contributed by atoms with Crippen LogP contribution >= 0.6 is 0 Å². The van der Waals surface area contributed by atoms with Crippen LogP contribution in [0.2, 0.25) is 0 Å². The maximum atomic E-state index is 11.2. The summed E-state index contributed by atoms with van der Waals surface area (Å²) in [6.07, 6.45) is 8.98. The normalized spacial score (nSPS) is 10.4. The third-order valence-corrected chi connectivity index (χ3v) is 2.90. The first kappa shape index (κ1) is 12.2. The van der Waals surface area contributed by atoms with E-state index in [1.165, 1.54) is 0 Å². The molecule has 3 aromatic rings. The number of nitrogens with zero attached hydrogens (tertiary/aromatic N) is 5. The molecule has 3 rings (SSSR count). The molecule has 98 valence electrons. The van der Waals surface area contributed by atoms with E-state index in [0.29, 0.717) is 17.0 Å². The maximum absolute atomic E-state index is 11.2. The molecule has 6 heteroatoms. The smallest absolute Gasteiger partial charge is 0.153 e. The van der Waals surface area contributed by atoms with E-state index in [0.717, 1.165) is 17.7 Å². The monoisotopic (exact) mass is 265 g/mol. The summed E-state index contributed by atoms with van der Waals surface area (Å²) in [5.74, 6) is 0. The minimum atomic E-state index is 0.477. The van der Waals surface area contributed by atoms with Gasteiger partial charge in [-0.05, 0) is 19.1 Å². The van der Waals surface area contributed by atoms with Crippen LogP contribution < -0.4 is 0 Å². The molecule has 0 saturated carbocycles. The number of hydrogen-bond acceptors (Lipinski definition) is 5. The van der Waals surface area contributed by atoms with E-state index < -0.39 is 0 Å². The van der Waals surface area contributed by atoms with Gasteiger partial charge in [-0.2, -0.15) is 5.10 Å². The Hall–Kier alpha value is -2.89. The molecule has 0 radical (unpaired) electrons. The molecule has 0 aromatic carbocycles. The summed E-state index contributed by atoms with van der Waals surface area (Å²) in [5, 5.41) is 4.44. The van der Waals surface area contributed by atoms with Crippen LogP contribution in [0.5, 0.6) is 0 Å². The quantitative estimate of drug-likeness (QED) is 0.675. The largest absolute Gasteiger partial charge is 0.298 e. The van der Waals surface area contributed by atoms with E-state index in [-0.39, 0.29) is 0 Å². The van der Waals surface area contributed by atoms with Gasteiger partial charge in [0.25, 0.3) is 0 Å². The first-order valence-corrected chi connectivity index (χ1v) is 6.03. The highest BCUT2D eigenvalue weighted by molar-refractivity contribution is 5.85. The van der Waals surface area contributed by atoms with Crippen LogP contribution in [-0.4, -0.2) is 31.0 Å². The van der Waals surface area contributed by atoms with Crippen LogP contribution in [0.15, 0.2) is 43.1 Å². The average Bonchev–Trinajstić information content (AvgIpc) is 2.93. The Balaban J connectivity index is 2.16. The molecule has 3 aromatic heterocycles. The van der Waals surface area contributed by atoms with Crippen molar-refractivity contribution in [2.45, 2.75) is 6.92 Å². The highest BCUT2D eigenvalue weighted by atomic mass is 16.1. The number of aromatic nitrogens is 5. The molecule has 0 aliphatic heterocycles. The number of rotatable bonds is 3. The number of aryl methyl sites for hydroxylation is 1. The average molecular weight is 265 g/mol. The topological polar surface area (TPSA) is 73.6 Å². The Bertz CT molecular complexity index is 751. The fraction of sp³-hybridized carbons (Fsp3) is 0.0714. The summed E-state index contributed by atoms with van der Waals surface area (Å²) in [4.78, 5) is 23.6. The Morgan fingerprint density at radius 1 is 1.05 bits per heavy atom. The van der Waals surface area contributed by atoms with Gasteiger partial charge in [-0.1, -0.05) is 0 Å². The van der Waals surface area contributed by atoms with Gasteiger partial charge in [-0.3, -0.25) is 19.7 Å². The van der Waals surface area contributed by atoms with Crippen molar-refractivity contribution in [2.24, 2.45) is 0 Å². The lowest BCUT2D eigenvalue weighted by molar-refractivity contribution is 0.112. The fourth-order valence-corrected chi connectivity index (χ4v) is 1.93. The molecule has 0 fully saturated rings. The minimum absolute atomic E-state index is 0.477. The van der Waals surface area contributed by atoms with Gasteiger partial charge in [0.1, 0.15) is 11.4 Å². The van der Waals surface area contributed by atoms with Gasteiger partial charge in [0, 0.05) is 31.0 Å². The second-order valence-electron chi connectivity index (χ2n) is 4.19. The molecule has 0 aliphatic rings. The molecule has 6 nitrogen and oxygen atoms in total. The van der Waals surface area contributed by atoms with E-state index in [9.17, 15) is 4.79 Å². The molecular formula is C14H11N5O. The number of carbonyl (C=O) groups excluding carboxylic acids is 1. The Kier molecular flexibility index (Phi) is 3.04. The molecule has 0 bridgehead atoms. The first-order chi connectivity index (χ1) is 9.79. The Morgan fingerprint density at radius 3 is 2.50 bits per heavy atom. The van der Waals surface area contributed by atoms with Gasteiger partial charge >= 0.3 is 0 Å². The summed E-state index contributed by atoms with van der Waals surface area (Å²) < 4.78 is 1.63. The fourth-order valence-electron chi connectivity index (χ4n) is 1.93. The Labute approximate surface area is 115 Å². The molecule has 0 N–H and O–H groups in total. The van der Waals surface area contributed by atoms with Gasteiger partial charge in [0.15, 0.2) is 6.29 Å². The lowest BCUT2D eigenvalue weighted by Gasteiger charge is -2.01. The van der Waals surface area contributed by atoms with E-state index in [1.54, 1.807) is 35.7 Å². The maximum Gasteiger partial charge on any atom is 0.153 e. The zero-order valence-corrected chi connectivity index (χ0v) is 10.8. The predicted molar refractivity (Wildman–Crippen MR) is 72.5 cm³/mol. The molecular weight excluding hydrogens is 254 g/mol. The second kappa shape index (κ2) is 5.00. The van der Waals surface area contributed by atoms with Crippen LogP contribution in [0.4, 0.5) is 0 Å². The zero-order chi connectivity index (χ0) is 13.9. The van der Waals surface area contributed by atoms with Crippen LogP contribution in [-0.2, 0) is 0 Å². The van der Waals surface area contributed by atoms with Crippen molar-refractivity contribution in [3.05, 3.63) is 54.4 Å². The Morgan fingerprint density at radius 2 is 1.80 bits per heavy atom. The van der Waals surface area contributed by atoms with Crippen molar-refractivity contribution >= 4 is 6.29 Å². The van der Waals surface area contributed by atoms with Gasteiger partial charge < -0.3 is 0 Å². The van der Waals surface area contributed by atoms with Gasteiger partial charge in [-0.15, -0.1) is 0 Å². The zero-order valence-electron chi connectivity index (χ0n) is 10.8. The van der Waals surface area contributed by atoms with E-state index in [1.807, 2.05) is 19.1 Å². The molecule has 0 saturated heterocycles. The summed E-state index contributed by atoms with van der Waals surface area (Å²) in [5.41, 5.74) is 3.18. The minimum Gasteiger partial charge on any atom is -0.298 e. The first-order valence-electron chi connectivity index (χ1n) is 6.03. The molecule has 0 unspecified atom stereocenters. The summed E-state index contributed by atoms with van der Waals surface area (Å²) in [6.45, 7) is 1.84. The van der Waals surface area contributed by atoms with Crippen molar-refractivity contribution < 1.29 is 4.79 Å². The van der Waals surface area contributed by atoms with E-state index in [2.05, 4.69) is 20.1 Å². The van der Waals surface area contributed by atoms with E-state index >= 15 is 0 Å².